The van der Waals surface area contributed by atoms with Crippen LogP contribution in [-0.2, 0) is 14.4 Å². The maximum absolute atomic E-state index is 11.9. The highest BCUT2D eigenvalue weighted by molar-refractivity contribution is 5.93. The summed E-state index contributed by atoms with van der Waals surface area (Å²) >= 11 is 0. The zero-order valence-corrected chi connectivity index (χ0v) is 21.0. The molecule has 1 unspecified atom stereocenters. The third kappa shape index (κ3) is 12.3. The van der Waals surface area contributed by atoms with Gasteiger partial charge >= 0.3 is 5.97 Å². The fourth-order valence-corrected chi connectivity index (χ4v) is 3.06. The van der Waals surface area contributed by atoms with Gasteiger partial charge in [-0.3, -0.25) is 9.59 Å². The molecule has 2 heterocycles. The molecule has 1 aromatic rings. The van der Waals surface area contributed by atoms with Crippen LogP contribution in [0.5, 0.6) is 0 Å². The monoisotopic (exact) mass is 484 g/mol. The largest absolute Gasteiger partial charge is 0.463 e. The van der Waals surface area contributed by atoms with Crippen LogP contribution in [0.4, 0.5) is 5.95 Å². The molecule has 0 radical (unpaired) electrons. The summed E-state index contributed by atoms with van der Waals surface area (Å²) in [5.74, 6) is -0.379. The van der Waals surface area contributed by atoms with Gasteiger partial charge in [0, 0.05) is 19.2 Å². The Labute approximate surface area is 201 Å². The molecule has 12 heteroatoms. The van der Waals surface area contributed by atoms with Crippen LogP contribution in [0.1, 0.15) is 75.3 Å². The number of aromatic nitrogens is 2. The van der Waals surface area contributed by atoms with Crippen LogP contribution in [0.15, 0.2) is 6.20 Å². The van der Waals surface area contributed by atoms with Crippen LogP contribution in [0, 0.1) is 17.0 Å². The van der Waals surface area contributed by atoms with E-state index in [0.717, 1.165) is 25.9 Å². The second-order valence-electron chi connectivity index (χ2n) is 7.28. The summed E-state index contributed by atoms with van der Waals surface area (Å²) in [5, 5.41) is 12.1. The van der Waals surface area contributed by atoms with E-state index in [9.17, 15) is 19.7 Å². The van der Waals surface area contributed by atoms with Crippen molar-refractivity contribution in [1.82, 2.24) is 15.3 Å². The number of amides is 1. The lowest BCUT2D eigenvalue weighted by atomic mass is 10.2. The number of primary amides is 1. The summed E-state index contributed by atoms with van der Waals surface area (Å²) in [6.45, 7) is 9.86. The molecule has 194 valence electrons. The van der Waals surface area contributed by atoms with Crippen molar-refractivity contribution >= 4 is 17.8 Å². The zero-order chi connectivity index (χ0) is 25.9. The highest BCUT2D eigenvalue weighted by Crippen LogP contribution is 2.23. The normalized spacial score (nSPS) is 14.3. The number of hydrogen-bond donors (Lipinski definition) is 2. The van der Waals surface area contributed by atoms with E-state index < -0.39 is 11.0 Å². The predicted molar refractivity (Wildman–Crippen MR) is 129 cm³/mol. The molecule has 1 amide bonds. The molecule has 1 aromatic heterocycles. The number of nitrogens with two attached hydrogens (primary N) is 1. The lowest BCUT2D eigenvalue weighted by molar-refractivity contribution is -0.757. The SMILES string of the molecule is CC.CCNC.Cc1nc(N2CCCC2COC(=O)CCCCCO[N+](=O)[O-])ncc1C(N)=O. The van der Waals surface area contributed by atoms with Gasteiger partial charge in [0.25, 0.3) is 11.0 Å². The van der Waals surface area contributed by atoms with Crippen LogP contribution < -0.4 is 16.0 Å². The first-order valence-electron chi connectivity index (χ1n) is 11.8. The number of nitrogens with one attached hydrogen (secondary N) is 1. The first kappa shape index (κ1) is 31.0. The second kappa shape index (κ2) is 18.4. The lowest BCUT2D eigenvalue weighted by Crippen LogP contribution is -2.35. The summed E-state index contributed by atoms with van der Waals surface area (Å²) in [6, 6.07) is -0.0173. The van der Waals surface area contributed by atoms with Gasteiger partial charge in [0.2, 0.25) is 5.95 Å². The van der Waals surface area contributed by atoms with E-state index in [0.29, 0.717) is 30.9 Å². The van der Waals surface area contributed by atoms with E-state index in [1.165, 1.54) is 6.20 Å². The van der Waals surface area contributed by atoms with E-state index in [-0.39, 0.29) is 37.2 Å². The zero-order valence-electron chi connectivity index (χ0n) is 21.0. The molecule has 1 fully saturated rings. The van der Waals surface area contributed by atoms with Gasteiger partial charge in [-0.25, -0.2) is 9.97 Å². The number of aryl methyl sites for hydroxylation is 1. The summed E-state index contributed by atoms with van der Waals surface area (Å²) < 4.78 is 5.36. The van der Waals surface area contributed by atoms with Crippen LogP contribution in [0.25, 0.3) is 0 Å². The van der Waals surface area contributed by atoms with Crippen molar-refractivity contribution in [2.75, 3.05) is 38.3 Å². The molecule has 1 aliphatic heterocycles. The van der Waals surface area contributed by atoms with Gasteiger partial charge in [-0.15, -0.1) is 10.1 Å². The Morgan fingerprint density at radius 3 is 2.56 bits per heavy atom. The number of esters is 1. The van der Waals surface area contributed by atoms with Crippen molar-refractivity contribution in [2.45, 2.75) is 72.3 Å². The fourth-order valence-electron chi connectivity index (χ4n) is 3.06. The molecule has 1 atom stereocenters. The van der Waals surface area contributed by atoms with Crippen LogP contribution in [-0.4, -0.2) is 66.3 Å². The lowest BCUT2D eigenvalue weighted by Gasteiger charge is -2.24. The van der Waals surface area contributed by atoms with Gasteiger partial charge < -0.3 is 25.5 Å². The van der Waals surface area contributed by atoms with Gasteiger partial charge in [-0.2, -0.15) is 0 Å². The minimum Gasteiger partial charge on any atom is -0.463 e. The number of rotatable bonds is 12. The molecule has 0 spiro atoms. The van der Waals surface area contributed by atoms with Crippen molar-refractivity contribution in [3.05, 3.63) is 27.6 Å². The number of unbranched alkanes of at least 4 members (excludes halogenated alkanes) is 2. The number of ether oxygens (including phenoxy) is 1. The highest BCUT2D eigenvalue weighted by atomic mass is 16.9. The first-order valence-corrected chi connectivity index (χ1v) is 11.8. The summed E-state index contributed by atoms with van der Waals surface area (Å²) in [5.41, 5.74) is 6.08. The molecule has 0 aromatic carbocycles. The van der Waals surface area contributed by atoms with Crippen molar-refractivity contribution in [1.29, 1.82) is 0 Å². The number of anilines is 1. The Morgan fingerprint density at radius 1 is 1.32 bits per heavy atom. The number of hydrogen-bond acceptors (Lipinski definition) is 10. The summed E-state index contributed by atoms with van der Waals surface area (Å²) in [7, 11) is 1.93. The van der Waals surface area contributed by atoms with Crippen molar-refractivity contribution in [3.8, 4) is 0 Å². The van der Waals surface area contributed by atoms with Gasteiger partial charge in [-0.1, -0.05) is 27.2 Å². The Balaban J connectivity index is 0.00000164. The van der Waals surface area contributed by atoms with Gasteiger partial charge in [-0.05, 0) is 46.2 Å². The van der Waals surface area contributed by atoms with E-state index in [2.05, 4.69) is 27.0 Å². The van der Waals surface area contributed by atoms with Crippen LogP contribution in [0.2, 0.25) is 0 Å². The minimum atomic E-state index is -0.825. The van der Waals surface area contributed by atoms with Gasteiger partial charge in [0.05, 0.1) is 23.9 Å². The van der Waals surface area contributed by atoms with Crippen LogP contribution in [0.3, 0.4) is 0 Å². The van der Waals surface area contributed by atoms with Gasteiger partial charge in [0.15, 0.2) is 0 Å². The second-order valence-corrected chi connectivity index (χ2v) is 7.28. The van der Waals surface area contributed by atoms with Gasteiger partial charge in [0.1, 0.15) is 6.61 Å². The molecule has 1 saturated heterocycles. The van der Waals surface area contributed by atoms with E-state index in [1.54, 1.807) is 6.92 Å². The minimum absolute atomic E-state index is 0.0173. The molecule has 3 N–H and O–H groups in total. The first-order chi connectivity index (χ1) is 16.3. The van der Waals surface area contributed by atoms with Crippen molar-refractivity contribution in [2.24, 2.45) is 5.73 Å². The van der Waals surface area contributed by atoms with Crippen molar-refractivity contribution < 1.29 is 24.3 Å². The number of carbonyl (C=O) groups excluding carboxylic acids is 2. The van der Waals surface area contributed by atoms with E-state index in [4.69, 9.17) is 10.5 Å². The molecular weight excluding hydrogens is 444 g/mol. The molecule has 0 bridgehead atoms. The average Bonchev–Trinajstić information content (AvgIpc) is 3.29. The standard InChI is InChI=1S/C17H25N5O6.C3H9N.C2H6/c1-12-14(16(18)24)10-19-17(20-12)21-8-5-6-13(21)11-27-15(23)7-3-2-4-9-28-22(25)26;1-3-4-2;1-2/h10,13H,2-9,11H2,1H3,(H2,18,24);4H,3H2,1-2H3;1-2H3. The average molecular weight is 485 g/mol. The quantitative estimate of drug-likeness (QED) is 0.195. The molecule has 0 aliphatic carbocycles. The summed E-state index contributed by atoms with van der Waals surface area (Å²) in [6.07, 6.45) is 5.22. The molecular formula is C22H40N6O6. The molecule has 12 nitrogen and oxygen atoms in total. The fraction of sp³-hybridized carbons (Fsp3) is 0.727. The highest BCUT2D eigenvalue weighted by Gasteiger charge is 2.28. The Morgan fingerprint density at radius 2 is 2.00 bits per heavy atom. The molecule has 1 aliphatic rings. The maximum Gasteiger partial charge on any atom is 0.305 e. The number of carbonyl (C=O) groups is 2. The third-order valence-corrected chi connectivity index (χ3v) is 4.88. The topological polar surface area (TPSA) is 163 Å². The smallest absolute Gasteiger partial charge is 0.305 e. The Bertz CT molecular complexity index is 747. The molecule has 2 rings (SSSR count). The Kier molecular flexibility index (Phi) is 16.8. The van der Waals surface area contributed by atoms with Crippen molar-refractivity contribution in [3.63, 3.8) is 0 Å². The Hall–Kier alpha value is -3.02. The van der Waals surface area contributed by atoms with Crippen LogP contribution >= 0.6 is 0 Å². The van der Waals surface area contributed by atoms with E-state index >= 15 is 0 Å². The van der Waals surface area contributed by atoms with E-state index in [1.807, 2.05) is 25.8 Å². The molecule has 34 heavy (non-hydrogen) atoms. The summed E-state index contributed by atoms with van der Waals surface area (Å²) in [4.78, 5) is 48.0. The molecule has 0 saturated carbocycles. The predicted octanol–water partition coefficient (Wildman–Crippen LogP) is 2.42. The number of nitrogens with zero attached hydrogens (tertiary/aromatic N) is 4. The maximum atomic E-state index is 11.9. The third-order valence-electron chi connectivity index (χ3n) is 4.88.